The van der Waals surface area contributed by atoms with Crippen LogP contribution in [0.3, 0.4) is 0 Å². The summed E-state index contributed by atoms with van der Waals surface area (Å²) < 4.78 is 28.0. The number of benzene rings is 2. The molecule has 0 aliphatic heterocycles. The molecule has 0 unspecified atom stereocenters. The van der Waals surface area contributed by atoms with E-state index in [0.29, 0.717) is 31.0 Å². The number of hydrogen-bond donors (Lipinski definition) is 3. The van der Waals surface area contributed by atoms with Crippen molar-refractivity contribution in [3.05, 3.63) is 94.1 Å². The van der Waals surface area contributed by atoms with Crippen molar-refractivity contribution in [1.29, 1.82) is 0 Å². The standard InChI is InChI=1S/C33H43F2N5O3/c1-6-10-40(11-7-2)33(43)25-13-22(5)12-24(17-25)32(42)39-29(16-23-14-26(34)18-27(35)15-23)30(41)20-36-19-28-8-9-37-31(38-28)21(3)4/h8-9,12-15,17-18,21,29-30,36,41H,6-7,10-11,16,19-20H2,1-5H3,(H,39,42)/t29-,30+/m0/s1. The predicted molar refractivity (Wildman–Crippen MR) is 163 cm³/mol. The maximum atomic E-state index is 14.0. The average molecular weight is 596 g/mol. The van der Waals surface area contributed by atoms with Crippen LogP contribution in [0.1, 0.15) is 89.8 Å². The van der Waals surface area contributed by atoms with Gasteiger partial charge in [0.1, 0.15) is 17.5 Å². The molecule has 3 N–H and O–H groups in total. The fraction of sp³-hybridized carbons (Fsp3) is 0.455. The Morgan fingerprint density at radius 3 is 2.26 bits per heavy atom. The number of nitrogens with one attached hydrogen (secondary N) is 2. The molecule has 1 aromatic heterocycles. The van der Waals surface area contributed by atoms with Gasteiger partial charge in [0.25, 0.3) is 11.8 Å². The Balaban J connectivity index is 1.80. The third-order valence-corrected chi connectivity index (χ3v) is 6.93. The van der Waals surface area contributed by atoms with E-state index in [1.54, 1.807) is 42.3 Å². The van der Waals surface area contributed by atoms with Gasteiger partial charge in [-0.15, -0.1) is 0 Å². The fourth-order valence-electron chi connectivity index (χ4n) is 4.87. The van der Waals surface area contributed by atoms with Crippen LogP contribution in [-0.4, -0.2) is 63.6 Å². The van der Waals surface area contributed by atoms with Crippen molar-refractivity contribution < 1.29 is 23.5 Å². The molecule has 0 aliphatic rings. The first-order valence-corrected chi connectivity index (χ1v) is 14.9. The van der Waals surface area contributed by atoms with E-state index in [-0.39, 0.29) is 35.9 Å². The molecule has 1 heterocycles. The van der Waals surface area contributed by atoms with Gasteiger partial charge < -0.3 is 20.6 Å². The van der Waals surface area contributed by atoms with Gasteiger partial charge in [-0.2, -0.15) is 0 Å². The first-order chi connectivity index (χ1) is 20.5. The third-order valence-electron chi connectivity index (χ3n) is 6.93. The molecule has 3 aromatic rings. The van der Waals surface area contributed by atoms with Crippen molar-refractivity contribution in [1.82, 2.24) is 25.5 Å². The largest absolute Gasteiger partial charge is 0.390 e. The van der Waals surface area contributed by atoms with Crippen LogP contribution in [0.4, 0.5) is 8.78 Å². The first-order valence-electron chi connectivity index (χ1n) is 14.9. The lowest BCUT2D eigenvalue weighted by Gasteiger charge is -2.25. The van der Waals surface area contributed by atoms with Gasteiger partial charge in [0.2, 0.25) is 0 Å². The highest BCUT2D eigenvalue weighted by Gasteiger charge is 2.24. The zero-order valence-corrected chi connectivity index (χ0v) is 25.7. The maximum Gasteiger partial charge on any atom is 0.253 e. The Kier molecular flexibility index (Phi) is 12.7. The molecule has 0 saturated carbocycles. The Hall–Kier alpha value is -3.76. The monoisotopic (exact) mass is 595 g/mol. The number of carbonyl (C=O) groups is 2. The number of aliphatic hydroxyl groups excluding tert-OH is 1. The van der Waals surface area contributed by atoms with E-state index in [1.165, 1.54) is 12.1 Å². The van der Waals surface area contributed by atoms with Crippen LogP contribution in [0.25, 0.3) is 0 Å². The average Bonchev–Trinajstić information content (AvgIpc) is 2.95. The molecular weight excluding hydrogens is 552 g/mol. The summed E-state index contributed by atoms with van der Waals surface area (Å²) in [5.74, 6) is -1.28. The highest BCUT2D eigenvalue weighted by Crippen LogP contribution is 2.16. The number of amides is 2. The summed E-state index contributed by atoms with van der Waals surface area (Å²) >= 11 is 0. The van der Waals surface area contributed by atoms with Gasteiger partial charge >= 0.3 is 0 Å². The van der Waals surface area contributed by atoms with Crippen LogP contribution in [0.5, 0.6) is 0 Å². The number of aliphatic hydroxyl groups is 1. The number of nitrogens with zero attached hydrogens (tertiary/aromatic N) is 3. The molecule has 0 bridgehead atoms. The van der Waals surface area contributed by atoms with Gasteiger partial charge in [0.15, 0.2) is 0 Å². The normalized spacial score (nSPS) is 12.7. The Labute approximate surface area is 252 Å². The number of hydrogen-bond acceptors (Lipinski definition) is 6. The minimum Gasteiger partial charge on any atom is -0.390 e. The minimum atomic E-state index is -1.11. The molecule has 0 radical (unpaired) electrons. The molecule has 0 spiro atoms. The van der Waals surface area contributed by atoms with Crippen molar-refractivity contribution >= 4 is 11.8 Å². The summed E-state index contributed by atoms with van der Waals surface area (Å²) in [6.45, 7) is 11.5. The summed E-state index contributed by atoms with van der Waals surface area (Å²) in [6, 6.07) is 8.98. The van der Waals surface area contributed by atoms with Gasteiger partial charge in [0, 0.05) is 55.5 Å². The summed E-state index contributed by atoms with van der Waals surface area (Å²) in [7, 11) is 0. The van der Waals surface area contributed by atoms with Crippen molar-refractivity contribution in [3.63, 3.8) is 0 Å². The smallest absolute Gasteiger partial charge is 0.253 e. The summed E-state index contributed by atoms with van der Waals surface area (Å²) in [5, 5.41) is 17.1. The molecule has 232 valence electrons. The molecule has 8 nitrogen and oxygen atoms in total. The summed E-state index contributed by atoms with van der Waals surface area (Å²) in [4.78, 5) is 37.3. The van der Waals surface area contributed by atoms with Crippen molar-refractivity contribution in [2.45, 2.75) is 78.5 Å². The molecule has 43 heavy (non-hydrogen) atoms. The highest BCUT2D eigenvalue weighted by molar-refractivity contribution is 6.00. The van der Waals surface area contributed by atoms with E-state index in [1.807, 2.05) is 27.7 Å². The molecule has 10 heteroatoms. The first kappa shape index (κ1) is 33.7. The second-order valence-electron chi connectivity index (χ2n) is 11.2. The molecule has 0 fully saturated rings. The molecule has 0 aliphatic carbocycles. The van der Waals surface area contributed by atoms with E-state index in [4.69, 9.17) is 0 Å². The van der Waals surface area contributed by atoms with Crippen molar-refractivity contribution in [2.24, 2.45) is 0 Å². The maximum absolute atomic E-state index is 14.0. The lowest BCUT2D eigenvalue weighted by atomic mass is 9.99. The number of aromatic nitrogens is 2. The summed E-state index contributed by atoms with van der Waals surface area (Å²) in [5.41, 5.74) is 2.43. The fourth-order valence-corrected chi connectivity index (χ4v) is 4.87. The molecule has 3 rings (SSSR count). The number of carbonyl (C=O) groups excluding carboxylic acids is 2. The van der Waals surface area contributed by atoms with Crippen LogP contribution >= 0.6 is 0 Å². The van der Waals surface area contributed by atoms with Gasteiger partial charge in [-0.05, 0) is 73.7 Å². The number of halogens is 2. The van der Waals surface area contributed by atoms with E-state index >= 15 is 0 Å². The van der Waals surface area contributed by atoms with E-state index in [9.17, 15) is 23.5 Å². The van der Waals surface area contributed by atoms with Crippen molar-refractivity contribution in [2.75, 3.05) is 19.6 Å². The lowest BCUT2D eigenvalue weighted by Crippen LogP contribution is -2.48. The van der Waals surface area contributed by atoms with Crippen LogP contribution in [-0.2, 0) is 13.0 Å². The van der Waals surface area contributed by atoms with Crippen LogP contribution in [0.15, 0.2) is 48.7 Å². The zero-order valence-electron chi connectivity index (χ0n) is 25.7. The van der Waals surface area contributed by atoms with Gasteiger partial charge in [-0.1, -0.05) is 27.7 Å². The van der Waals surface area contributed by atoms with Gasteiger partial charge in [-0.3, -0.25) is 9.59 Å². The second-order valence-corrected chi connectivity index (χ2v) is 11.2. The van der Waals surface area contributed by atoms with Gasteiger partial charge in [0.05, 0.1) is 17.8 Å². The number of aryl methyl sites for hydroxylation is 1. The van der Waals surface area contributed by atoms with Crippen molar-refractivity contribution in [3.8, 4) is 0 Å². The molecule has 2 aromatic carbocycles. The van der Waals surface area contributed by atoms with Crippen LogP contribution < -0.4 is 10.6 Å². The summed E-state index contributed by atoms with van der Waals surface area (Å²) in [6.07, 6.45) is 2.18. The van der Waals surface area contributed by atoms with Crippen LogP contribution in [0, 0.1) is 18.6 Å². The second kappa shape index (κ2) is 16.2. The van der Waals surface area contributed by atoms with E-state index < -0.39 is 29.7 Å². The molecule has 0 saturated heterocycles. The predicted octanol–water partition coefficient (Wildman–Crippen LogP) is 4.94. The Morgan fingerprint density at radius 1 is 0.977 bits per heavy atom. The number of rotatable bonds is 15. The Morgan fingerprint density at radius 2 is 1.63 bits per heavy atom. The SMILES string of the molecule is CCCN(CCC)C(=O)c1cc(C)cc(C(=O)N[C@@H](Cc2cc(F)cc(F)c2)[C@H](O)CNCc2ccnc(C(C)C)n2)c1. The van der Waals surface area contributed by atoms with Gasteiger partial charge in [-0.25, -0.2) is 18.7 Å². The molecule has 2 amide bonds. The molecular formula is C33H43F2N5O3. The third kappa shape index (κ3) is 10.2. The lowest BCUT2D eigenvalue weighted by molar-refractivity contribution is 0.0755. The van der Waals surface area contributed by atoms with E-state index in [0.717, 1.165) is 30.2 Å². The van der Waals surface area contributed by atoms with Crippen LogP contribution in [0.2, 0.25) is 0 Å². The minimum absolute atomic E-state index is 0.0212. The zero-order chi connectivity index (χ0) is 31.5. The van der Waals surface area contributed by atoms with E-state index in [2.05, 4.69) is 20.6 Å². The topological polar surface area (TPSA) is 107 Å². The quantitative estimate of drug-likeness (QED) is 0.230. The highest BCUT2D eigenvalue weighted by atomic mass is 19.1. The Bertz CT molecular complexity index is 1360. The molecule has 2 atom stereocenters.